The van der Waals surface area contributed by atoms with Crippen LogP contribution in [-0.2, 0) is 10.0 Å². The van der Waals surface area contributed by atoms with Gasteiger partial charge in [0.1, 0.15) is 0 Å². The molecule has 0 aromatic rings. The van der Waals surface area contributed by atoms with Crippen molar-refractivity contribution in [1.29, 1.82) is 0 Å². The molecule has 0 aromatic carbocycles. The second-order valence-electron chi connectivity index (χ2n) is 3.59. The van der Waals surface area contributed by atoms with Gasteiger partial charge in [-0.15, -0.1) is 0 Å². The van der Waals surface area contributed by atoms with Crippen LogP contribution in [0.4, 0.5) is 13.2 Å². The number of halogens is 3. The van der Waals surface area contributed by atoms with Gasteiger partial charge in [-0.05, 0) is 6.92 Å². The lowest BCUT2D eigenvalue weighted by Gasteiger charge is -2.13. The first-order valence-corrected chi connectivity index (χ1v) is 7.34. The quantitative estimate of drug-likeness (QED) is 0.352. The topological polar surface area (TPSA) is 82.6 Å². The summed E-state index contributed by atoms with van der Waals surface area (Å²) in [6.45, 7) is 1.58. The second kappa shape index (κ2) is 8.20. The van der Waals surface area contributed by atoms with Gasteiger partial charge in [-0.1, -0.05) is 0 Å². The number of nitrogens with zero attached hydrogens (tertiary/aromatic N) is 1. The lowest BCUT2D eigenvalue weighted by Crippen LogP contribution is -2.42. The minimum absolute atomic E-state index is 0.0223. The molecule has 0 aromatic heterocycles. The molecule has 0 aliphatic carbocycles. The second-order valence-corrected chi connectivity index (χ2v) is 5.68. The third-order valence-electron chi connectivity index (χ3n) is 2.04. The summed E-state index contributed by atoms with van der Waals surface area (Å²) in [6, 6.07) is 0. The Kier molecular flexibility index (Phi) is 7.76. The molecule has 10 heteroatoms. The zero-order valence-corrected chi connectivity index (χ0v) is 11.7. The van der Waals surface area contributed by atoms with Gasteiger partial charge in [-0.25, -0.2) is 13.1 Å². The highest BCUT2D eigenvalue weighted by Crippen LogP contribution is 2.17. The Balaban J connectivity index is 3.85. The van der Waals surface area contributed by atoms with Crippen molar-refractivity contribution in [3.8, 4) is 0 Å². The van der Waals surface area contributed by atoms with Crippen LogP contribution in [0.5, 0.6) is 0 Å². The van der Waals surface area contributed by atoms with Crippen LogP contribution < -0.4 is 15.4 Å². The Morgan fingerprint density at radius 1 is 1.16 bits per heavy atom. The Labute approximate surface area is 110 Å². The van der Waals surface area contributed by atoms with E-state index in [0.717, 1.165) is 0 Å². The molecule has 114 valence electrons. The minimum atomic E-state index is -4.22. The van der Waals surface area contributed by atoms with Crippen molar-refractivity contribution >= 4 is 16.0 Å². The maximum absolute atomic E-state index is 11.9. The molecule has 0 bridgehead atoms. The van der Waals surface area contributed by atoms with Gasteiger partial charge in [0.05, 0.1) is 12.2 Å². The first kappa shape index (κ1) is 18.0. The van der Waals surface area contributed by atoms with E-state index in [1.807, 2.05) is 0 Å². The summed E-state index contributed by atoms with van der Waals surface area (Å²) in [5.41, 5.74) is 0. The Morgan fingerprint density at radius 3 is 2.21 bits per heavy atom. The fraction of sp³-hybridized carbons (Fsp3) is 0.889. The predicted octanol–water partition coefficient (Wildman–Crippen LogP) is 0.0431. The summed E-state index contributed by atoms with van der Waals surface area (Å²) in [6.07, 6.45) is -5.18. The minimum Gasteiger partial charge on any atom is -0.356 e. The SMILES string of the molecule is CCS(=O)(=O)NCCNC(=NC)NCCC(F)(F)F. The molecule has 0 fully saturated rings. The highest BCUT2D eigenvalue weighted by Gasteiger charge is 2.26. The van der Waals surface area contributed by atoms with Crippen molar-refractivity contribution in [2.45, 2.75) is 19.5 Å². The van der Waals surface area contributed by atoms with Gasteiger partial charge in [0, 0.05) is 26.7 Å². The largest absolute Gasteiger partial charge is 0.390 e. The molecule has 0 saturated carbocycles. The van der Waals surface area contributed by atoms with Crippen LogP contribution in [0.1, 0.15) is 13.3 Å². The molecule has 0 radical (unpaired) electrons. The summed E-state index contributed by atoms with van der Waals surface area (Å²) in [4.78, 5) is 3.71. The number of guanidine groups is 1. The number of alkyl halides is 3. The fourth-order valence-corrected chi connectivity index (χ4v) is 1.65. The highest BCUT2D eigenvalue weighted by molar-refractivity contribution is 7.89. The maximum Gasteiger partial charge on any atom is 0.390 e. The van der Waals surface area contributed by atoms with Gasteiger partial charge >= 0.3 is 6.18 Å². The number of sulfonamides is 1. The first-order chi connectivity index (χ1) is 8.70. The van der Waals surface area contributed by atoms with E-state index in [2.05, 4.69) is 20.3 Å². The Morgan fingerprint density at radius 2 is 1.74 bits per heavy atom. The van der Waals surface area contributed by atoms with Gasteiger partial charge in [0.15, 0.2) is 5.96 Å². The summed E-state index contributed by atoms with van der Waals surface area (Å²) >= 11 is 0. The third-order valence-corrected chi connectivity index (χ3v) is 3.45. The molecule has 19 heavy (non-hydrogen) atoms. The summed E-state index contributed by atoms with van der Waals surface area (Å²) in [7, 11) is -1.84. The summed E-state index contributed by atoms with van der Waals surface area (Å²) < 4.78 is 60.2. The van der Waals surface area contributed by atoms with Crippen LogP contribution in [0, 0.1) is 0 Å². The summed E-state index contributed by atoms with van der Waals surface area (Å²) in [5, 5.41) is 5.18. The van der Waals surface area contributed by atoms with Gasteiger partial charge in [-0.2, -0.15) is 13.2 Å². The maximum atomic E-state index is 11.9. The van der Waals surface area contributed by atoms with E-state index in [0.29, 0.717) is 0 Å². The van der Waals surface area contributed by atoms with Crippen LogP contribution in [-0.4, -0.2) is 53.0 Å². The van der Waals surface area contributed by atoms with Crippen LogP contribution in [0.2, 0.25) is 0 Å². The molecule has 6 nitrogen and oxygen atoms in total. The summed E-state index contributed by atoms with van der Waals surface area (Å²) in [5.74, 6) is 0.172. The monoisotopic (exact) mass is 304 g/mol. The number of nitrogens with one attached hydrogen (secondary N) is 3. The molecule has 0 heterocycles. The van der Waals surface area contributed by atoms with Crippen LogP contribution in [0.25, 0.3) is 0 Å². The molecule has 0 spiro atoms. The average Bonchev–Trinajstić information content (AvgIpc) is 2.30. The van der Waals surface area contributed by atoms with Crippen LogP contribution >= 0.6 is 0 Å². The normalized spacial score (nSPS) is 13.4. The van der Waals surface area contributed by atoms with Gasteiger partial charge < -0.3 is 10.6 Å². The Bertz CT molecular complexity index is 381. The third kappa shape index (κ3) is 10.6. The lowest BCUT2D eigenvalue weighted by molar-refractivity contribution is -0.132. The average molecular weight is 304 g/mol. The zero-order valence-electron chi connectivity index (χ0n) is 10.8. The molecule has 0 aliphatic heterocycles. The van der Waals surface area contributed by atoms with E-state index in [1.54, 1.807) is 0 Å². The van der Waals surface area contributed by atoms with Crippen molar-refractivity contribution in [2.24, 2.45) is 4.99 Å². The standard InChI is InChI=1S/C9H19F3N4O2S/c1-3-19(17,18)16-7-6-15-8(13-2)14-5-4-9(10,11)12/h16H,3-7H2,1-2H3,(H2,13,14,15). The van der Waals surface area contributed by atoms with Crippen molar-refractivity contribution in [2.75, 3.05) is 32.4 Å². The van der Waals surface area contributed by atoms with Gasteiger partial charge in [0.25, 0.3) is 0 Å². The van der Waals surface area contributed by atoms with E-state index in [9.17, 15) is 21.6 Å². The molecule has 0 rings (SSSR count). The molecule has 0 unspecified atom stereocenters. The molecular weight excluding hydrogens is 285 g/mol. The molecule has 0 atom stereocenters. The highest BCUT2D eigenvalue weighted by atomic mass is 32.2. The van der Waals surface area contributed by atoms with Gasteiger partial charge in [0.2, 0.25) is 10.0 Å². The molecule has 0 amide bonds. The molecule has 0 saturated heterocycles. The predicted molar refractivity (Wildman–Crippen MR) is 67.5 cm³/mol. The van der Waals surface area contributed by atoms with Crippen LogP contribution in [0.3, 0.4) is 0 Å². The van der Waals surface area contributed by atoms with E-state index in [1.165, 1.54) is 14.0 Å². The number of rotatable bonds is 7. The number of hydrogen-bond acceptors (Lipinski definition) is 3. The van der Waals surface area contributed by atoms with Crippen LogP contribution in [0.15, 0.2) is 4.99 Å². The van der Waals surface area contributed by atoms with E-state index in [-0.39, 0.29) is 31.3 Å². The molecule has 3 N–H and O–H groups in total. The van der Waals surface area contributed by atoms with Crippen molar-refractivity contribution in [3.05, 3.63) is 0 Å². The van der Waals surface area contributed by atoms with E-state index < -0.39 is 22.6 Å². The Hall–Kier alpha value is -1.03. The van der Waals surface area contributed by atoms with E-state index >= 15 is 0 Å². The zero-order chi connectivity index (χ0) is 14.9. The van der Waals surface area contributed by atoms with Gasteiger partial charge in [-0.3, -0.25) is 4.99 Å². The molecule has 0 aliphatic rings. The fourth-order valence-electron chi connectivity index (χ4n) is 1.03. The lowest BCUT2D eigenvalue weighted by atomic mass is 10.4. The number of aliphatic imine (C=N–C) groups is 1. The van der Waals surface area contributed by atoms with Crippen molar-refractivity contribution in [1.82, 2.24) is 15.4 Å². The van der Waals surface area contributed by atoms with Crippen molar-refractivity contribution < 1.29 is 21.6 Å². The van der Waals surface area contributed by atoms with Crippen molar-refractivity contribution in [3.63, 3.8) is 0 Å². The number of hydrogen-bond donors (Lipinski definition) is 3. The molecular formula is C9H19F3N4O2S. The smallest absolute Gasteiger partial charge is 0.356 e. The van der Waals surface area contributed by atoms with E-state index in [4.69, 9.17) is 0 Å². The first-order valence-electron chi connectivity index (χ1n) is 5.69.